The molecule has 1 N–H and O–H groups in total. The molecule has 6 heteroatoms. The number of likely N-dealkylation sites (tertiary alicyclic amines) is 1. The largest absolute Gasteiger partial charge is 0.497 e. The minimum Gasteiger partial charge on any atom is -0.497 e. The van der Waals surface area contributed by atoms with Crippen molar-refractivity contribution < 1.29 is 13.9 Å². The van der Waals surface area contributed by atoms with Crippen LogP contribution in [0.2, 0.25) is 0 Å². The zero-order valence-corrected chi connectivity index (χ0v) is 18.0. The molecule has 156 valence electrons. The van der Waals surface area contributed by atoms with Gasteiger partial charge in [0.15, 0.2) is 0 Å². The number of fused-ring (bicyclic) bond motifs is 3. The summed E-state index contributed by atoms with van der Waals surface area (Å²) in [5.41, 5.74) is 3.79. The van der Waals surface area contributed by atoms with Crippen LogP contribution < -0.4 is 10.1 Å². The van der Waals surface area contributed by atoms with Crippen LogP contribution in [-0.4, -0.2) is 37.6 Å². The summed E-state index contributed by atoms with van der Waals surface area (Å²) in [4.78, 5) is 17.4. The Morgan fingerprint density at radius 2 is 2.03 bits per heavy atom. The molecule has 1 fully saturated rings. The van der Waals surface area contributed by atoms with Gasteiger partial charge in [-0.2, -0.15) is 0 Å². The van der Waals surface area contributed by atoms with E-state index >= 15 is 0 Å². The number of aryl methyl sites for hydroxylation is 2. The first-order valence-corrected chi connectivity index (χ1v) is 11.4. The third-order valence-corrected chi connectivity index (χ3v) is 7.37. The van der Waals surface area contributed by atoms with Gasteiger partial charge in [0.2, 0.25) is 0 Å². The van der Waals surface area contributed by atoms with E-state index in [9.17, 15) is 4.79 Å². The SMILES string of the molecule is COc1ccc2c(c1)CCc1cc(C(=O)NC[C@H](c3ccco3)N3CCCC3)sc1-2. The molecular formula is C24H26N2O3S. The Kier molecular flexibility index (Phi) is 5.35. The van der Waals surface area contributed by atoms with Gasteiger partial charge in [-0.3, -0.25) is 9.69 Å². The quantitative estimate of drug-likeness (QED) is 0.627. The van der Waals surface area contributed by atoms with Crippen molar-refractivity contribution in [2.45, 2.75) is 31.7 Å². The summed E-state index contributed by atoms with van der Waals surface area (Å²) in [5, 5.41) is 3.17. The number of carbonyl (C=O) groups excluding carboxylic acids is 1. The van der Waals surface area contributed by atoms with Crippen LogP contribution in [0.15, 0.2) is 47.1 Å². The van der Waals surface area contributed by atoms with Gasteiger partial charge in [0, 0.05) is 11.4 Å². The van der Waals surface area contributed by atoms with Gasteiger partial charge >= 0.3 is 0 Å². The molecule has 1 aromatic carbocycles. The van der Waals surface area contributed by atoms with Gasteiger partial charge in [0.05, 0.1) is 24.3 Å². The Hall–Kier alpha value is -2.57. The van der Waals surface area contributed by atoms with E-state index in [0.29, 0.717) is 6.54 Å². The van der Waals surface area contributed by atoms with Crippen LogP contribution in [-0.2, 0) is 12.8 Å². The molecule has 3 aromatic rings. The number of carbonyl (C=O) groups is 1. The number of amides is 1. The minimum absolute atomic E-state index is 0.000199. The number of methoxy groups -OCH3 is 1. The lowest BCUT2D eigenvalue weighted by Crippen LogP contribution is -2.36. The van der Waals surface area contributed by atoms with E-state index in [0.717, 1.165) is 42.3 Å². The topological polar surface area (TPSA) is 54.7 Å². The van der Waals surface area contributed by atoms with Crippen LogP contribution in [0.5, 0.6) is 5.75 Å². The van der Waals surface area contributed by atoms with Crippen molar-refractivity contribution in [1.82, 2.24) is 10.2 Å². The van der Waals surface area contributed by atoms with Crippen molar-refractivity contribution in [3.63, 3.8) is 0 Å². The monoisotopic (exact) mass is 422 g/mol. The molecule has 0 radical (unpaired) electrons. The number of nitrogens with zero attached hydrogens (tertiary/aromatic N) is 1. The Labute approximate surface area is 180 Å². The number of benzene rings is 1. The Morgan fingerprint density at radius 1 is 1.20 bits per heavy atom. The van der Waals surface area contributed by atoms with Gasteiger partial charge in [-0.1, -0.05) is 0 Å². The van der Waals surface area contributed by atoms with Crippen molar-refractivity contribution in [2.75, 3.05) is 26.7 Å². The maximum atomic E-state index is 13.0. The molecule has 0 unspecified atom stereocenters. The number of hydrogen-bond acceptors (Lipinski definition) is 5. The summed E-state index contributed by atoms with van der Waals surface area (Å²) < 4.78 is 11.0. The number of thiophene rings is 1. The average molecular weight is 423 g/mol. The summed E-state index contributed by atoms with van der Waals surface area (Å²) in [6, 6.07) is 12.3. The Balaban J connectivity index is 1.33. The van der Waals surface area contributed by atoms with Crippen LogP contribution in [0.4, 0.5) is 0 Å². The molecule has 1 atom stereocenters. The minimum atomic E-state index is 0.000199. The zero-order valence-electron chi connectivity index (χ0n) is 17.1. The number of rotatable bonds is 6. The molecule has 2 aromatic heterocycles. The second kappa shape index (κ2) is 8.28. The van der Waals surface area contributed by atoms with Crippen molar-refractivity contribution in [1.29, 1.82) is 0 Å². The van der Waals surface area contributed by atoms with Gasteiger partial charge in [-0.25, -0.2) is 0 Å². The van der Waals surface area contributed by atoms with E-state index < -0.39 is 0 Å². The molecule has 1 aliphatic heterocycles. The first kappa shape index (κ1) is 19.4. The highest BCUT2D eigenvalue weighted by atomic mass is 32.1. The van der Waals surface area contributed by atoms with Crippen LogP contribution in [0, 0.1) is 0 Å². The molecular weight excluding hydrogens is 396 g/mol. The predicted molar refractivity (Wildman–Crippen MR) is 118 cm³/mol. The average Bonchev–Trinajstić information content (AvgIpc) is 3.55. The van der Waals surface area contributed by atoms with Gasteiger partial charge in [0.25, 0.3) is 5.91 Å². The maximum Gasteiger partial charge on any atom is 0.261 e. The van der Waals surface area contributed by atoms with Crippen molar-refractivity contribution >= 4 is 17.2 Å². The molecule has 1 amide bonds. The van der Waals surface area contributed by atoms with E-state index in [4.69, 9.17) is 9.15 Å². The molecule has 1 aliphatic carbocycles. The molecule has 2 aliphatic rings. The second-order valence-electron chi connectivity index (χ2n) is 7.97. The fourth-order valence-electron chi connectivity index (χ4n) is 4.57. The summed E-state index contributed by atoms with van der Waals surface area (Å²) in [6.07, 6.45) is 6.05. The molecule has 5 nitrogen and oxygen atoms in total. The van der Waals surface area contributed by atoms with E-state index in [1.165, 1.54) is 34.4 Å². The van der Waals surface area contributed by atoms with Crippen LogP contribution in [0.1, 0.15) is 45.4 Å². The third-order valence-electron chi connectivity index (χ3n) is 6.16. The van der Waals surface area contributed by atoms with Gasteiger partial charge in [0.1, 0.15) is 11.5 Å². The molecule has 5 rings (SSSR count). The maximum absolute atomic E-state index is 13.0. The van der Waals surface area contributed by atoms with E-state index in [1.54, 1.807) is 24.7 Å². The van der Waals surface area contributed by atoms with E-state index in [1.807, 2.05) is 18.2 Å². The van der Waals surface area contributed by atoms with Crippen LogP contribution in [0.25, 0.3) is 10.4 Å². The lowest BCUT2D eigenvalue weighted by atomic mass is 9.91. The molecule has 1 saturated heterocycles. The van der Waals surface area contributed by atoms with Crippen molar-refractivity contribution in [3.05, 3.63) is 64.4 Å². The molecule has 30 heavy (non-hydrogen) atoms. The summed E-state index contributed by atoms with van der Waals surface area (Å²) in [7, 11) is 1.70. The molecule has 0 spiro atoms. The van der Waals surface area contributed by atoms with Gasteiger partial charge < -0.3 is 14.5 Å². The fraction of sp³-hybridized carbons (Fsp3) is 0.375. The number of nitrogens with one attached hydrogen (secondary N) is 1. The fourth-order valence-corrected chi connectivity index (χ4v) is 5.76. The first-order valence-electron chi connectivity index (χ1n) is 10.6. The van der Waals surface area contributed by atoms with E-state index in [-0.39, 0.29) is 11.9 Å². The highest BCUT2D eigenvalue weighted by Crippen LogP contribution is 2.40. The summed E-state index contributed by atoms with van der Waals surface area (Å²) in [5.74, 6) is 1.81. The van der Waals surface area contributed by atoms with Crippen molar-refractivity contribution in [2.24, 2.45) is 0 Å². The van der Waals surface area contributed by atoms with Gasteiger partial charge in [-0.15, -0.1) is 11.3 Å². The lowest BCUT2D eigenvalue weighted by molar-refractivity contribution is 0.0938. The van der Waals surface area contributed by atoms with Crippen LogP contribution >= 0.6 is 11.3 Å². The predicted octanol–water partition coefficient (Wildman–Crippen LogP) is 4.68. The third kappa shape index (κ3) is 3.66. The smallest absolute Gasteiger partial charge is 0.261 e. The van der Waals surface area contributed by atoms with Crippen molar-refractivity contribution in [3.8, 4) is 16.2 Å². The standard InChI is InChI=1S/C24H26N2O3S/c1-28-18-8-9-19-16(13-18)6-7-17-14-22(30-23(17)19)24(27)25-15-20(21-5-4-12-29-21)26-10-2-3-11-26/h4-5,8-9,12-14,20H,2-3,6-7,10-11,15H2,1H3,(H,25,27)/t20-/m1/s1. The first-order chi connectivity index (χ1) is 14.7. The molecule has 0 saturated carbocycles. The van der Waals surface area contributed by atoms with E-state index in [2.05, 4.69) is 28.4 Å². The summed E-state index contributed by atoms with van der Waals surface area (Å²) in [6.45, 7) is 2.66. The normalized spacial score (nSPS) is 16.7. The number of hydrogen-bond donors (Lipinski definition) is 1. The molecule has 0 bridgehead atoms. The number of ether oxygens (including phenoxy) is 1. The number of furan rings is 1. The zero-order chi connectivity index (χ0) is 20.5. The highest BCUT2D eigenvalue weighted by Gasteiger charge is 2.27. The molecule has 3 heterocycles. The Bertz CT molecular complexity index is 1030. The van der Waals surface area contributed by atoms with Gasteiger partial charge in [-0.05, 0) is 91.9 Å². The Morgan fingerprint density at radius 3 is 2.80 bits per heavy atom. The highest BCUT2D eigenvalue weighted by molar-refractivity contribution is 7.17. The lowest BCUT2D eigenvalue weighted by Gasteiger charge is -2.25. The summed E-state index contributed by atoms with van der Waals surface area (Å²) >= 11 is 1.59. The van der Waals surface area contributed by atoms with Crippen LogP contribution in [0.3, 0.4) is 0 Å². The second-order valence-corrected chi connectivity index (χ2v) is 9.02.